The quantitative estimate of drug-likeness (QED) is 0.784. The number of nitriles is 1. The Morgan fingerprint density at radius 2 is 1.97 bits per heavy atom. The molecule has 0 unspecified atom stereocenters. The zero-order chi connectivity index (χ0) is 21.2. The largest absolute Gasteiger partial charge is 0.385 e. The van der Waals surface area contributed by atoms with Gasteiger partial charge in [-0.3, -0.25) is 9.69 Å². The fraction of sp³-hybridized carbons (Fsp3) is 0.455. The summed E-state index contributed by atoms with van der Waals surface area (Å²) in [6, 6.07) is 11.4. The van der Waals surface area contributed by atoms with Crippen molar-refractivity contribution in [3.05, 3.63) is 42.1 Å². The Bertz CT molecular complexity index is 965. The molecule has 0 spiro atoms. The van der Waals surface area contributed by atoms with Crippen molar-refractivity contribution in [2.75, 3.05) is 30.0 Å². The Morgan fingerprint density at radius 3 is 2.60 bits per heavy atom. The van der Waals surface area contributed by atoms with Crippen molar-refractivity contribution in [2.24, 2.45) is 5.41 Å². The molecule has 4 rings (SSSR count). The molecular weight excluding hydrogens is 382 g/mol. The number of benzene rings is 1. The smallest absolute Gasteiger partial charge is 0.248 e. The predicted octanol–water partition coefficient (Wildman–Crippen LogP) is 2.87. The Labute approximate surface area is 175 Å². The van der Waals surface area contributed by atoms with Crippen LogP contribution in [0, 0.1) is 16.7 Å². The first-order chi connectivity index (χ1) is 14.5. The van der Waals surface area contributed by atoms with Gasteiger partial charge < -0.3 is 15.2 Å². The molecule has 2 N–H and O–H groups in total. The molecule has 1 amide bonds. The van der Waals surface area contributed by atoms with Gasteiger partial charge in [-0.05, 0) is 36.6 Å². The Hall–Kier alpha value is -3.02. The van der Waals surface area contributed by atoms with E-state index < -0.39 is 11.0 Å². The Balaban J connectivity index is 1.49. The van der Waals surface area contributed by atoms with Crippen LogP contribution in [0.5, 0.6) is 0 Å². The average molecular weight is 407 g/mol. The maximum Gasteiger partial charge on any atom is 0.248 e. The maximum absolute atomic E-state index is 12.8. The molecule has 2 aliphatic rings. The lowest BCUT2D eigenvalue weighted by molar-refractivity contribution is -0.123. The first kappa shape index (κ1) is 20.3. The summed E-state index contributed by atoms with van der Waals surface area (Å²) >= 11 is 0. The highest BCUT2D eigenvalue weighted by Gasteiger charge is 2.46. The summed E-state index contributed by atoms with van der Waals surface area (Å²) in [6.07, 6.45) is 3.74. The minimum atomic E-state index is -0.960. The van der Waals surface area contributed by atoms with Gasteiger partial charge in [-0.15, -0.1) is 0 Å². The van der Waals surface area contributed by atoms with E-state index in [0.29, 0.717) is 57.2 Å². The molecule has 0 saturated carbocycles. The minimum absolute atomic E-state index is 0.203. The number of amides is 1. The van der Waals surface area contributed by atoms with Crippen LogP contribution in [-0.4, -0.2) is 40.7 Å². The summed E-state index contributed by atoms with van der Waals surface area (Å²) in [5, 5.41) is 23.4. The summed E-state index contributed by atoms with van der Waals surface area (Å²) < 4.78 is 5.34. The number of nitrogens with zero attached hydrogens (tertiary/aromatic N) is 4. The molecule has 2 aliphatic heterocycles. The lowest BCUT2D eigenvalue weighted by Crippen LogP contribution is -2.33. The zero-order valence-corrected chi connectivity index (χ0v) is 17.0. The first-order valence-corrected chi connectivity index (χ1v) is 10.2. The highest BCUT2D eigenvalue weighted by atomic mass is 16.5. The molecule has 1 aromatic carbocycles. The summed E-state index contributed by atoms with van der Waals surface area (Å²) in [4.78, 5) is 23.0. The van der Waals surface area contributed by atoms with Gasteiger partial charge in [-0.2, -0.15) is 10.2 Å². The normalized spacial score (nSPS) is 23.2. The van der Waals surface area contributed by atoms with Crippen molar-refractivity contribution in [1.29, 1.82) is 5.26 Å². The van der Waals surface area contributed by atoms with E-state index in [0.717, 1.165) is 11.3 Å². The van der Waals surface area contributed by atoms with Gasteiger partial charge in [0.25, 0.3) is 0 Å². The van der Waals surface area contributed by atoms with Crippen LogP contribution in [0.25, 0.3) is 0 Å². The van der Waals surface area contributed by atoms with E-state index in [4.69, 9.17) is 4.74 Å². The molecule has 2 aromatic rings. The molecule has 1 aromatic heterocycles. The van der Waals surface area contributed by atoms with Gasteiger partial charge in [0.2, 0.25) is 11.9 Å². The molecule has 2 saturated heterocycles. The third kappa shape index (κ3) is 3.62. The second kappa shape index (κ2) is 8.01. The van der Waals surface area contributed by atoms with Crippen molar-refractivity contribution in [3.63, 3.8) is 0 Å². The monoisotopic (exact) mass is 407 g/mol. The molecule has 30 heavy (non-hydrogen) atoms. The number of hydrogen-bond acceptors (Lipinski definition) is 7. The fourth-order valence-electron chi connectivity index (χ4n) is 4.05. The summed E-state index contributed by atoms with van der Waals surface area (Å²) in [5.41, 5.74) is -0.172. The summed E-state index contributed by atoms with van der Waals surface area (Å²) in [6.45, 7) is 3.43. The fourth-order valence-corrected chi connectivity index (χ4v) is 4.05. The van der Waals surface area contributed by atoms with Crippen molar-refractivity contribution in [1.82, 2.24) is 9.97 Å². The number of anilines is 3. The van der Waals surface area contributed by atoms with Crippen molar-refractivity contribution >= 4 is 23.4 Å². The van der Waals surface area contributed by atoms with Crippen molar-refractivity contribution in [2.45, 2.75) is 38.2 Å². The van der Waals surface area contributed by atoms with Gasteiger partial charge in [0, 0.05) is 44.5 Å². The van der Waals surface area contributed by atoms with Crippen LogP contribution in [0.15, 0.2) is 36.5 Å². The van der Waals surface area contributed by atoms with Crippen LogP contribution in [0.3, 0.4) is 0 Å². The summed E-state index contributed by atoms with van der Waals surface area (Å²) in [7, 11) is 0. The number of aromatic nitrogens is 2. The SMILES string of the molecule is CC[C@]1(C#N)CCN(c2ccnc(Nc3ccc(C4(O)CCOCC4)cc3)n2)C1=O. The molecule has 0 radical (unpaired) electrons. The Kier molecular flexibility index (Phi) is 5.41. The van der Waals surface area contributed by atoms with E-state index in [1.807, 2.05) is 31.2 Å². The first-order valence-electron chi connectivity index (χ1n) is 10.2. The average Bonchev–Trinajstić information content (AvgIpc) is 3.11. The number of aliphatic hydroxyl groups is 1. The molecular formula is C22H25N5O3. The lowest BCUT2D eigenvalue weighted by Gasteiger charge is -2.32. The number of rotatable bonds is 5. The molecule has 8 nitrogen and oxygen atoms in total. The number of ether oxygens (including phenoxy) is 1. The van der Waals surface area contributed by atoms with E-state index in [1.165, 1.54) is 0 Å². The number of carbonyl (C=O) groups is 1. The van der Waals surface area contributed by atoms with E-state index >= 15 is 0 Å². The molecule has 0 aliphatic carbocycles. The molecule has 8 heteroatoms. The van der Waals surface area contributed by atoms with Gasteiger partial charge >= 0.3 is 0 Å². The standard InChI is InChI=1S/C22H25N5O3/c1-2-21(15-23)8-12-27(19(21)28)18-7-11-24-20(26-18)25-17-5-3-16(4-6-17)22(29)9-13-30-14-10-22/h3-7,11,29H,2,8-10,12-14H2,1H3,(H,24,25,26)/t21-/m1/s1. The minimum Gasteiger partial charge on any atom is -0.385 e. The molecule has 3 heterocycles. The van der Waals surface area contributed by atoms with Crippen molar-refractivity contribution < 1.29 is 14.6 Å². The molecule has 0 bridgehead atoms. The number of hydrogen-bond donors (Lipinski definition) is 2. The molecule has 1 atom stereocenters. The van der Waals surface area contributed by atoms with Gasteiger partial charge in [-0.25, -0.2) is 4.98 Å². The van der Waals surface area contributed by atoms with Crippen LogP contribution in [0.1, 0.15) is 38.2 Å². The van der Waals surface area contributed by atoms with Crippen LogP contribution in [-0.2, 0) is 15.1 Å². The van der Waals surface area contributed by atoms with E-state index in [-0.39, 0.29) is 5.91 Å². The molecule has 2 fully saturated rings. The molecule has 156 valence electrons. The van der Waals surface area contributed by atoms with Gasteiger partial charge in [0.05, 0.1) is 11.7 Å². The van der Waals surface area contributed by atoms with E-state index in [9.17, 15) is 15.2 Å². The van der Waals surface area contributed by atoms with Crippen molar-refractivity contribution in [3.8, 4) is 6.07 Å². The Morgan fingerprint density at radius 1 is 1.23 bits per heavy atom. The topological polar surface area (TPSA) is 111 Å². The highest BCUT2D eigenvalue weighted by molar-refractivity contribution is 6.01. The van der Waals surface area contributed by atoms with Crippen LogP contribution in [0.4, 0.5) is 17.5 Å². The third-order valence-corrected chi connectivity index (χ3v) is 6.15. The lowest BCUT2D eigenvalue weighted by atomic mass is 9.85. The van der Waals surface area contributed by atoms with Crippen LogP contribution < -0.4 is 10.2 Å². The van der Waals surface area contributed by atoms with Crippen LogP contribution >= 0.6 is 0 Å². The predicted molar refractivity (Wildman–Crippen MR) is 111 cm³/mol. The number of carbonyl (C=O) groups excluding carboxylic acids is 1. The second-order valence-electron chi connectivity index (χ2n) is 7.84. The van der Waals surface area contributed by atoms with Crippen LogP contribution in [0.2, 0.25) is 0 Å². The maximum atomic E-state index is 12.8. The second-order valence-corrected chi connectivity index (χ2v) is 7.84. The zero-order valence-electron chi connectivity index (χ0n) is 17.0. The van der Waals surface area contributed by atoms with Gasteiger partial charge in [0.1, 0.15) is 11.2 Å². The summed E-state index contributed by atoms with van der Waals surface area (Å²) in [5.74, 6) is 0.645. The number of nitrogens with one attached hydrogen (secondary N) is 1. The van der Waals surface area contributed by atoms with Gasteiger partial charge in [-0.1, -0.05) is 19.1 Å². The van der Waals surface area contributed by atoms with E-state index in [1.54, 1.807) is 17.2 Å². The van der Waals surface area contributed by atoms with E-state index in [2.05, 4.69) is 21.4 Å². The third-order valence-electron chi connectivity index (χ3n) is 6.15. The highest BCUT2D eigenvalue weighted by Crippen LogP contribution is 2.37. The van der Waals surface area contributed by atoms with Gasteiger partial charge in [0.15, 0.2) is 0 Å².